The number of carboxylic acid groups (broad SMARTS) is 1. The molecule has 2 rings (SSSR count). The summed E-state index contributed by atoms with van der Waals surface area (Å²) in [6.07, 6.45) is 3.34. The summed E-state index contributed by atoms with van der Waals surface area (Å²) in [7, 11) is 0. The van der Waals surface area contributed by atoms with E-state index in [-0.39, 0.29) is 16.0 Å². The quantitative estimate of drug-likeness (QED) is 0.865. The first-order valence-electron chi connectivity index (χ1n) is 6.65. The lowest BCUT2D eigenvalue weighted by atomic mass is 10.1. The second-order valence-corrected chi connectivity index (χ2v) is 7.43. The molecule has 1 fully saturated rings. The van der Waals surface area contributed by atoms with Gasteiger partial charge in [-0.3, -0.25) is 4.79 Å². The number of piperidine rings is 1. The van der Waals surface area contributed by atoms with Crippen LogP contribution >= 0.6 is 23.1 Å². The summed E-state index contributed by atoms with van der Waals surface area (Å²) in [5.41, 5.74) is 0.516. The van der Waals surface area contributed by atoms with Gasteiger partial charge >= 0.3 is 5.97 Å². The van der Waals surface area contributed by atoms with Gasteiger partial charge in [0.2, 0.25) is 5.91 Å². The van der Waals surface area contributed by atoms with Gasteiger partial charge in [0.25, 0.3) is 0 Å². The molecule has 20 heavy (non-hydrogen) atoms. The minimum absolute atomic E-state index is 0.124. The van der Waals surface area contributed by atoms with Crippen LogP contribution in [0.25, 0.3) is 0 Å². The van der Waals surface area contributed by atoms with Crippen LogP contribution in [-0.2, 0) is 4.79 Å². The minimum Gasteiger partial charge on any atom is -0.477 e. The number of likely N-dealkylation sites (tertiary alicyclic amines) is 1. The molecule has 1 amide bonds. The molecule has 2 heterocycles. The molecule has 0 aliphatic carbocycles. The third kappa shape index (κ3) is 3.52. The number of aromatic nitrogens is 1. The maximum atomic E-state index is 12.3. The van der Waals surface area contributed by atoms with Crippen LogP contribution in [0.4, 0.5) is 0 Å². The molecule has 1 atom stereocenters. The number of thioether (sulfide) groups is 1. The standard InChI is InChI=1S/C13H18N2O3S2/c1-8-10(12(17)18)20-13(14-8)19-9(2)11(16)15-6-4-3-5-7-15/h9H,3-7H2,1-2H3,(H,17,18). The number of amides is 1. The Kier molecular flexibility index (Phi) is 5.04. The van der Waals surface area contributed by atoms with Crippen molar-refractivity contribution in [2.75, 3.05) is 13.1 Å². The number of carbonyl (C=O) groups is 2. The van der Waals surface area contributed by atoms with Crippen molar-refractivity contribution in [2.45, 2.75) is 42.7 Å². The Hall–Kier alpha value is -1.08. The molecule has 1 aliphatic heterocycles. The molecule has 110 valence electrons. The molecule has 0 spiro atoms. The zero-order valence-electron chi connectivity index (χ0n) is 11.6. The van der Waals surface area contributed by atoms with Gasteiger partial charge in [-0.05, 0) is 33.1 Å². The van der Waals surface area contributed by atoms with E-state index in [0.717, 1.165) is 37.3 Å². The van der Waals surface area contributed by atoms with Crippen molar-refractivity contribution in [3.8, 4) is 0 Å². The van der Waals surface area contributed by atoms with Crippen molar-refractivity contribution in [1.29, 1.82) is 0 Å². The highest BCUT2D eigenvalue weighted by Gasteiger charge is 2.24. The third-order valence-electron chi connectivity index (χ3n) is 3.26. The SMILES string of the molecule is Cc1nc(SC(C)C(=O)N2CCCCC2)sc1C(=O)O. The summed E-state index contributed by atoms with van der Waals surface area (Å²) in [6.45, 7) is 5.21. The first kappa shape index (κ1) is 15.3. The molecule has 1 unspecified atom stereocenters. The Morgan fingerprint density at radius 2 is 2.00 bits per heavy atom. The van der Waals surface area contributed by atoms with E-state index in [2.05, 4.69) is 4.98 Å². The van der Waals surface area contributed by atoms with Crippen molar-refractivity contribution in [3.63, 3.8) is 0 Å². The van der Waals surface area contributed by atoms with Gasteiger partial charge in [-0.15, -0.1) is 11.3 Å². The van der Waals surface area contributed by atoms with E-state index in [0.29, 0.717) is 10.0 Å². The lowest BCUT2D eigenvalue weighted by Crippen LogP contribution is -2.40. The number of carbonyl (C=O) groups excluding carboxylic acids is 1. The van der Waals surface area contributed by atoms with Gasteiger partial charge < -0.3 is 10.0 Å². The molecule has 1 aromatic heterocycles. The number of hydrogen-bond donors (Lipinski definition) is 1. The second-order valence-electron chi connectivity index (χ2n) is 4.85. The fraction of sp³-hybridized carbons (Fsp3) is 0.615. The number of aryl methyl sites for hydroxylation is 1. The topological polar surface area (TPSA) is 70.5 Å². The molecular formula is C13H18N2O3S2. The first-order chi connectivity index (χ1) is 9.49. The smallest absolute Gasteiger partial charge is 0.347 e. The predicted molar refractivity (Wildman–Crippen MR) is 79.6 cm³/mol. The lowest BCUT2D eigenvalue weighted by molar-refractivity contribution is -0.131. The van der Waals surface area contributed by atoms with E-state index in [9.17, 15) is 9.59 Å². The fourth-order valence-electron chi connectivity index (χ4n) is 2.19. The van der Waals surface area contributed by atoms with Crippen LogP contribution in [0, 0.1) is 6.92 Å². The van der Waals surface area contributed by atoms with Crippen molar-refractivity contribution >= 4 is 35.0 Å². The Labute approximate surface area is 126 Å². The van der Waals surface area contributed by atoms with E-state index < -0.39 is 5.97 Å². The van der Waals surface area contributed by atoms with Crippen LogP contribution in [-0.4, -0.2) is 45.2 Å². The van der Waals surface area contributed by atoms with Gasteiger partial charge in [-0.2, -0.15) is 0 Å². The Morgan fingerprint density at radius 3 is 2.55 bits per heavy atom. The zero-order valence-corrected chi connectivity index (χ0v) is 13.2. The highest BCUT2D eigenvalue weighted by Crippen LogP contribution is 2.31. The molecule has 0 radical (unpaired) electrons. The number of hydrogen-bond acceptors (Lipinski definition) is 5. The molecule has 1 aromatic rings. The molecule has 7 heteroatoms. The van der Waals surface area contributed by atoms with Crippen molar-refractivity contribution in [2.24, 2.45) is 0 Å². The predicted octanol–water partition coefficient (Wildman–Crippen LogP) is 2.64. The van der Waals surface area contributed by atoms with Crippen molar-refractivity contribution < 1.29 is 14.7 Å². The summed E-state index contributed by atoms with van der Waals surface area (Å²) in [5, 5.41) is 8.79. The average molecular weight is 314 g/mol. The summed E-state index contributed by atoms with van der Waals surface area (Å²) in [6, 6.07) is 0. The van der Waals surface area contributed by atoms with Crippen LogP contribution in [0.1, 0.15) is 41.6 Å². The summed E-state index contributed by atoms with van der Waals surface area (Å²) in [5.74, 6) is -0.832. The summed E-state index contributed by atoms with van der Waals surface area (Å²) < 4.78 is 0.651. The first-order valence-corrected chi connectivity index (χ1v) is 8.35. The normalized spacial score (nSPS) is 17.0. The molecule has 1 aliphatic rings. The van der Waals surface area contributed by atoms with Gasteiger partial charge in [0.05, 0.1) is 10.9 Å². The fourth-order valence-corrected chi connectivity index (χ4v) is 4.45. The average Bonchev–Trinajstić information content (AvgIpc) is 2.79. The lowest BCUT2D eigenvalue weighted by Gasteiger charge is -2.28. The summed E-state index contributed by atoms with van der Waals surface area (Å²) >= 11 is 2.49. The largest absolute Gasteiger partial charge is 0.477 e. The van der Waals surface area contributed by atoms with Crippen LogP contribution < -0.4 is 0 Å². The number of carboxylic acids is 1. The van der Waals surface area contributed by atoms with Gasteiger partial charge in [0.15, 0.2) is 4.34 Å². The van der Waals surface area contributed by atoms with E-state index in [1.165, 1.54) is 18.2 Å². The van der Waals surface area contributed by atoms with E-state index in [1.807, 2.05) is 11.8 Å². The van der Waals surface area contributed by atoms with Crippen molar-refractivity contribution in [1.82, 2.24) is 9.88 Å². The molecule has 0 aromatic carbocycles. The molecule has 1 saturated heterocycles. The Bertz CT molecular complexity index is 510. The van der Waals surface area contributed by atoms with Crippen molar-refractivity contribution in [3.05, 3.63) is 10.6 Å². The van der Waals surface area contributed by atoms with Crippen LogP contribution in [0.5, 0.6) is 0 Å². The van der Waals surface area contributed by atoms with Crippen LogP contribution in [0.15, 0.2) is 4.34 Å². The number of nitrogens with zero attached hydrogens (tertiary/aromatic N) is 2. The van der Waals surface area contributed by atoms with E-state index in [4.69, 9.17) is 5.11 Å². The monoisotopic (exact) mass is 314 g/mol. The molecule has 1 N–H and O–H groups in total. The zero-order chi connectivity index (χ0) is 14.7. The van der Waals surface area contributed by atoms with Crippen LogP contribution in [0.2, 0.25) is 0 Å². The highest BCUT2D eigenvalue weighted by atomic mass is 32.2. The molecule has 0 saturated carbocycles. The van der Waals surface area contributed by atoms with Gasteiger partial charge in [-0.25, -0.2) is 9.78 Å². The number of rotatable bonds is 4. The molecule has 0 bridgehead atoms. The van der Waals surface area contributed by atoms with Crippen LogP contribution in [0.3, 0.4) is 0 Å². The van der Waals surface area contributed by atoms with E-state index in [1.54, 1.807) is 6.92 Å². The van der Waals surface area contributed by atoms with Gasteiger partial charge in [0.1, 0.15) is 4.88 Å². The second kappa shape index (κ2) is 6.58. The van der Waals surface area contributed by atoms with E-state index >= 15 is 0 Å². The maximum Gasteiger partial charge on any atom is 0.347 e. The Morgan fingerprint density at radius 1 is 1.35 bits per heavy atom. The molecule has 5 nitrogen and oxygen atoms in total. The number of thiazole rings is 1. The third-order valence-corrected chi connectivity index (χ3v) is 5.59. The highest BCUT2D eigenvalue weighted by molar-refractivity contribution is 8.02. The Balaban J connectivity index is 1.99. The van der Waals surface area contributed by atoms with Gasteiger partial charge in [0, 0.05) is 13.1 Å². The summed E-state index contributed by atoms with van der Waals surface area (Å²) in [4.78, 5) is 29.7. The maximum absolute atomic E-state index is 12.3. The molecular weight excluding hydrogens is 296 g/mol. The van der Waals surface area contributed by atoms with Gasteiger partial charge in [-0.1, -0.05) is 11.8 Å². The minimum atomic E-state index is -0.957. The number of aromatic carboxylic acids is 1.